The second-order valence-corrected chi connectivity index (χ2v) is 4.57. The highest BCUT2D eigenvalue weighted by atomic mass is 16.6. The van der Waals surface area contributed by atoms with Crippen LogP contribution in [0.25, 0.3) is 0 Å². The minimum atomic E-state index is -0.546. The molecular weight excluding hydrogens is 220 g/mol. The lowest BCUT2D eigenvalue weighted by Crippen LogP contribution is -2.24. The van der Waals surface area contributed by atoms with Crippen molar-refractivity contribution in [2.24, 2.45) is 0 Å². The van der Waals surface area contributed by atoms with Gasteiger partial charge in [0, 0.05) is 5.56 Å². The van der Waals surface area contributed by atoms with Gasteiger partial charge in [0.1, 0.15) is 12.2 Å². The summed E-state index contributed by atoms with van der Waals surface area (Å²) >= 11 is 0. The van der Waals surface area contributed by atoms with E-state index in [0.717, 1.165) is 0 Å². The molecule has 4 nitrogen and oxygen atoms in total. The molecule has 0 aliphatic carbocycles. The second kappa shape index (κ2) is 5.48. The fourth-order valence-corrected chi connectivity index (χ4v) is 1.30. The van der Waals surface area contributed by atoms with Crippen LogP contribution in [0.15, 0.2) is 24.3 Å². The largest absolute Gasteiger partial charge is 0.463 e. The molecule has 0 aliphatic rings. The molecule has 1 aromatic carbocycles. The number of carbonyl (C=O) groups is 2. The van der Waals surface area contributed by atoms with Crippen molar-refractivity contribution < 1.29 is 19.1 Å². The van der Waals surface area contributed by atoms with Gasteiger partial charge in [-0.15, -0.1) is 0 Å². The van der Waals surface area contributed by atoms with E-state index in [2.05, 4.69) is 4.74 Å². The van der Waals surface area contributed by atoms with E-state index in [1.807, 2.05) is 0 Å². The van der Waals surface area contributed by atoms with Crippen LogP contribution < -0.4 is 0 Å². The Kier molecular flexibility index (Phi) is 4.26. The van der Waals surface area contributed by atoms with E-state index >= 15 is 0 Å². The topological polar surface area (TPSA) is 52.6 Å². The minimum Gasteiger partial charge on any atom is -0.463 e. The zero-order valence-electron chi connectivity index (χ0n) is 10.2. The molecule has 0 fully saturated rings. The monoisotopic (exact) mass is 236 g/mol. The smallest absolute Gasteiger partial charge is 0.339 e. The molecule has 1 aromatic rings. The van der Waals surface area contributed by atoms with Gasteiger partial charge in [-0.1, -0.05) is 18.2 Å². The zero-order chi connectivity index (χ0) is 12.9. The SMILES string of the molecule is CC(C)(C)OC(=O)c1ccccc1COC=O. The summed E-state index contributed by atoms with van der Waals surface area (Å²) in [6, 6.07) is 6.89. The minimum absolute atomic E-state index is 0.0684. The standard InChI is InChI=1S/C13H16O4/c1-13(2,3)17-12(15)11-7-5-4-6-10(11)8-16-9-14/h4-7,9H,8H2,1-3H3. The maximum atomic E-state index is 11.9. The molecule has 1 rings (SSSR count). The highest BCUT2D eigenvalue weighted by Gasteiger charge is 2.19. The average Bonchev–Trinajstić information content (AvgIpc) is 2.24. The van der Waals surface area contributed by atoms with Crippen molar-refractivity contribution in [1.82, 2.24) is 0 Å². The molecule has 0 N–H and O–H groups in total. The van der Waals surface area contributed by atoms with Gasteiger partial charge in [0.25, 0.3) is 6.47 Å². The van der Waals surface area contributed by atoms with Crippen molar-refractivity contribution in [1.29, 1.82) is 0 Å². The molecule has 92 valence electrons. The number of rotatable bonds is 4. The summed E-state index contributed by atoms with van der Waals surface area (Å²) in [5.74, 6) is -0.414. The van der Waals surface area contributed by atoms with Crippen molar-refractivity contribution in [3.63, 3.8) is 0 Å². The quantitative estimate of drug-likeness (QED) is 0.594. The third-order valence-electron chi connectivity index (χ3n) is 1.94. The van der Waals surface area contributed by atoms with Gasteiger partial charge in [0.05, 0.1) is 5.56 Å². The highest BCUT2D eigenvalue weighted by Crippen LogP contribution is 2.16. The number of hydrogen-bond donors (Lipinski definition) is 0. The Hall–Kier alpha value is -1.84. The van der Waals surface area contributed by atoms with Crippen molar-refractivity contribution in [2.45, 2.75) is 33.0 Å². The van der Waals surface area contributed by atoms with Crippen LogP contribution in [0.4, 0.5) is 0 Å². The molecule has 0 bridgehead atoms. The summed E-state index contributed by atoms with van der Waals surface area (Å²) in [7, 11) is 0. The molecule has 0 heterocycles. The molecule has 0 spiro atoms. The molecule has 0 radical (unpaired) electrons. The molecule has 0 atom stereocenters. The lowest BCUT2D eigenvalue weighted by atomic mass is 10.1. The average molecular weight is 236 g/mol. The van der Waals surface area contributed by atoms with Gasteiger partial charge in [-0.3, -0.25) is 4.79 Å². The Bertz CT molecular complexity index is 404. The van der Waals surface area contributed by atoms with Gasteiger partial charge in [0.15, 0.2) is 0 Å². The van der Waals surface area contributed by atoms with Gasteiger partial charge in [-0.2, -0.15) is 0 Å². The fourth-order valence-electron chi connectivity index (χ4n) is 1.30. The summed E-state index contributed by atoms with van der Waals surface area (Å²) in [4.78, 5) is 22.0. The van der Waals surface area contributed by atoms with Crippen molar-refractivity contribution >= 4 is 12.4 Å². The van der Waals surface area contributed by atoms with Crippen molar-refractivity contribution in [3.8, 4) is 0 Å². The predicted octanol–water partition coefficient (Wildman–Crippen LogP) is 2.31. The third kappa shape index (κ3) is 4.26. The van der Waals surface area contributed by atoms with E-state index in [9.17, 15) is 9.59 Å². The lowest BCUT2D eigenvalue weighted by molar-refractivity contribution is -0.129. The third-order valence-corrected chi connectivity index (χ3v) is 1.94. The molecule has 0 saturated heterocycles. The normalized spacial score (nSPS) is 10.8. The number of benzene rings is 1. The van der Waals surface area contributed by atoms with E-state index in [-0.39, 0.29) is 6.61 Å². The predicted molar refractivity (Wildman–Crippen MR) is 62.5 cm³/mol. The summed E-state index contributed by atoms with van der Waals surface area (Å²) in [5, 5.41) is 0. The van der Waals surface area contributed by atoms with E-state index in [4.69, 9.17) is 4.74 Å². The first-order chi connectivity index (χ1) is 7.94. The zero-order valence-corrected chi connectivity index (χ0v) is 10.2. The van der Waals surface area contributed by atoms with Crippen LogP contribution in [0, 0.1) is 0 Å². The van der Waals surface area contributed by atoms with Gasteiger partial charge < -0.3 is 9.47 Å². The first-order valence-electron chi connectivity index (χ1n) is 5.30. The van der Waals surface area contributed by atoms with Gasteiger partial charge in [-0.05, 0) is 26.8 Å². The van der Waals surface area contributed by atoms with Crippen LogP contribution in [-0.2, 0) is 20.9 Å². The second-order valence-electron chi connectivity index (χ2n) is 4.57. The van der Waals surface area contributed by atoms with E-state index in [1.165, 1.54) is 0 Å². The molecule has 0 saturated carbocycles. The number of ether oxygens (including phenoxy) is 2. The highest BCUT2D eigenvalue weighted by molar-refractivity contribution is 5.91. The Balaban J connectivity index is 2.88. The molecule has 4 heteroatoms. The Morgan fingerprint density at radius 1 is 1.29 bits per heavy atom. The Labute approximate surface area is 101 Å². The molecular formula is C13H16O4. The summed E-state index contributed by atoms with van der Waals surface area (Å²) < 4.78 is 9.91. The van der Waals surface area contributed by atoms with E-state index in [0.29, 0.717) is 17.6 Å². The molecule has 0 aliphatic heterocycles. The summed E-state index contributed by atoms with van der Waals surface area (Å²) in [6.07, 6.45) is 0. The maximum absolute atomic E-state index is 11.9. The molecule has 0 amide bonds. The van der Waals surface area contributed by atoms with Crippen LogP contribution in [0.2, 0.25) is 0 Å². The molecule has 0 aromatic heterocycles. The Morgan fingerprint density at radius 3 is 2.53 bits per heavy atom. The first-order valence-corrected chi connectivity index (χ1v) is 5.30. The van der Waals surface area contributed by atoms with Crippen LogP contribution in [0.3, 0.4) is 0 Å². The van der Waals surface area contributed by atoms with Crippen LogP contribution in [-0.4, -0.2) is 18.0 Å². The fraction of sp³-hybridized carbons (Fsp3) is 0.385. The first kappa shape index (κ1) is 13.2. The number of esters is 1. The Morgan fingerprint density at radius 2 is 1.94 bits per heavy atom. The van der Waals surface area contributed by atoms with E-state index in [1.54, 1.807) is 45.0 Å². The van der Waals surface area contributed by atoms with Crippen LogP contribution in [0.5, 0.6) is 0 Å². The number of carbonyl (C=O) groups excluding carboxylic acids is 2. The molecule has 0 unspecified atom stereocenters. The van der Waals surface area contributed by atoms with Crippen LogP contribution >= 0.6 is 0 Å². The lowest BCUT2D eigenvalue weighted by Gasteiger charge is -2.20. The van der Waals surface area contributed by atoms with Crippen molar-refractivity contribution in [3.05, 3.63) is 35.4 Å². The van der Waals surface area contributed by atoms with E-state index < -0.39 is 11.6 Å². The maximum Gasteiger partial charge on any atom is 0.339 e. The summed E-state index contributed by atoms with van der Waals surface area (Å²) in [6.45, 7) is 5.82. The number of hydrogen-bond acceptors (Lipinski definition) is 4. The van der Waals surface area contributed by atoms with Gasteiger partial charge in [-0.25, -0.2) is 4.79 Å². The van der Waals surface area contributed by atoms with Gasteiger partial charge >= 0.3 is 5.97 Å². The van der Waals surface area contributed by atoms with Crippen molar-refractivity contribution in [2.75, 3.05) is 0 Å². The van der Waals surface area contributed by atoms with Gasteiger partial charge in [0.2, 0.25) is 0 Å². The molecule has 17 heavy (non-hydrogen) atoms. The summed E-state index contributed by atoms with van der Waals surface area (Å²) in [5.41, 5.74) is 0.508. The van der Waals surface area contributed by atoms with Crippen LogP contribution in [0.1, 0.15) is 36.7 Å².